The Morgan fingerprint density at radius 2 is 2.00 bits per heavy atom. The number of halogens is 1. The molecule has 2 saturated heterocycles. The highest BCUT2D eigenvalue weighted by Crippen LogP contribution is 2.39. The lowest BCUT2D eigenvalue weighted by Gasteiger charge is -2.44. The number of likely N-dealkylation sites (tertiary alicyclic amines) is 1. The van der Waals surface area contributed by atoms with Crippen LogP contribution in [-0.2, 0) is 9.53 Å². The molecule has 0 aromatic heterocycles. The van der Waals surface area contributed by atoms with E-state index in [0.29, 0.717) is 22.9 Å². The average molecular weight is 411 g/mol. The number of benzene rings is 1. The first-order chi connectivity index (χ1) is 12.0. The van der Waals surface area contributed by atoms with Crippen LogP contribution < -0.4 is 0 Å². The fourth-order valence-corrected chi connectivity index (χ4v) is 4.22. The standard InChI is InChI=1S/C18H23BrN2O4/c1-2-9-20-10-7-18(8-11-20)21(15(12-25-18)17(23)24)16(22)13-5-3-4-6-14(13)19/h3-6,15H,2,7-12H2,1H3,(H,23,24). The zero-order valence-electron chi connectivity index (χ0n) is 14.3. The van der Waals surface area contributed by atoms with Gasteiger partial charge in [-0.2, -0.15) is 0 Å². The smallest absolute Gasteiger partial charge is 0.328 e. The molecule has 1 amide bonds. The molecule has 2 fully saturated rings. The van der Waals surface area contributed by atoms with Crippen LogP contribution in [-0.4, -0.2) is 64.8 Å². The maximum absolute atomic E-state index is 13.2. The van der Waals surface area contributed by atoms with Crippen molar-refractivity contribution in [3.63, 3.8) is 0 Å². The second-order valence-corrected chi connectivity index (χ2v) is 7.46. The maximum Gasteiger partial charge on any atom is 0.328 e. The molecule has 1 atom stereocenters. The molecule has 136 valence electrons. The Balaban J connectivity index is 1.90. The van der Waals surface area contributed by atoms with Crippen molar-refractivity contribution in [1.29, 1.82) is 0 Å². The first kappa shape index (κ1) is 18.4. The molecular weight excluding hydrogens is 388 g/mol. The Morgan fingerprint density at radius 1 is 1.32 bits per heavy atom. The summed E-state index contributed by atoms with van der Waals surface area (Å²) < 4.78 is 6.62. The van der Waals surface area contributed by atoms with Crippen molar-refractivity contribution >= 4 is 27.8 Å². The fraction of sp³-hybridized carbons (Fsp3) is 0.556. The molecule has 1 spiro atoms. The Bertz CT molecular complexity index is 658. The monoisotopic (exact) mass is 410 g/mol. The summed E-state index contributed by atoms with van der Waals surface area (Å²) in [6, 6.07) is 6.16. The summed E-state index contributed by atoms with van der Waals surface area (Å²) in [7, 11) is 0. The van der Waals surface area contributed by atoms with Crippen molar-refractivity contribution in [2.45, 2.75) is 38.0 Å². The number of piperidine rings is 1. The van der Waals surface area contributed by atoms with Gasteiger partial charge in [-0.15, -0.1) is 0 Å². The fourth-order valence-electron chi connectivity index (χ4n) is 3.76. The molecule has 2 heterocycles. The number of hydrogen-bond donors (Lipinski definition) is 1. The quantitative estimate of drug-likeness (QED) is 0.825. The van der Waals surface area contributed by atoms with E-state index >= 15 is 0 Å². The van der Waals surface area contributed by atoms with Gasteiger partial charge in [-0.05, 0) is 41.0 Å². The molecule has 0 saturated carbocycles. The van der Waals surface area contributed by atoms with Crippen molar-refractivity contribution in [2.75, 3.05) is 26.2 Å². The van der Waals surface area contributed by atoms with Gasteiger partial charge in [0.2, 0.25) is 0 Å². The summed E-state index contributed by atoms with van der Waals surface area (Å²) in [4.78, 5) is 28.7. The van der Waals surface area contributed by atoms with Crippen LogP contribution in [0, 0.1) is 0 Å². The number of carbonyl (C=O) groups excluding carboxylic acids is 1. The van der Waals surface area contributed by atoms with E-state index in [9.17, 15) is 14.7 Å². The van der Waals surface area contributed by atoms with Gasteiger partial charge in [0.15, 0.2) is 6.04 Å². The number of carboxylic acids is 1. The van der Waals surface area contributed by atoms with Crippen molar-refractivity contribution in [3.8, 4) is 0 Å². The first-order valence-corrected chi connectivity index (χ1v) is 9.45. The van der Waals surface area contributed by atoms with Crippen molar-refractivity contribution in [3.05, 3.63) is 34.3 Å². The lowest BCUT2D eigenvalue weighted by atomic mass is 9.96. The van der Waals surface area contributed by atoms with Gasteiger partial charge in [0.1, 0.15) is 5.72 Å². The molecular formula is C18H23BrN2O4. The summed E-state index contributed by atoms with van der Waals surface area (Å²) in [5, 5.41) is 9.60. The third-order valence-corrected chi connectivity index (χ3v) is 5.74. The van der Waals surface area contributed by atoms with Gasteiger partial charge in [0.05, 0.1) is 12.2 Å². The minimum atomic E-state index is -1.02. The van der Waals surface area contributed by atoms with Crippen LogP contribution >= 0.6 is 15.9 Å². The van der Waals surface area contributed by atoms with Crippen LogP contribution in [0.15, 0.2) is 28.7 Å². The molecule has 1 aromatic carbocycles. The molecule has 7 heteroatoms. The average Bonchev–Trinajstić information content (AvgIpc) is 2.96. The first-order valence-electron chi connectivity index (χ1n) is 8.66. The van der Waals surface area contributed by atoms with E-state index < -0.39 is 17.7 Å². The number of rotatable bonds is 4. The highest BCUT2D eigenvalue weighted by Gasteiger charge is 2.54. The van der Waals surface area contributed by atoms with Gasteiger partial charge < -0.3 is 14.7 Å². The van der Waals surface area contributed by atoms with Crippen LogP contribution in [0.2, 0.25) is 0 Å². The molecule has 3 rings (SSSR count). The highest BCUT2D eigenvalue weighted by molar-refractivity contribution is 9.10. The van der Waals surface area contributed by atoms with Crippen molar-refractivity contribution < 1.29 is 19.4 Å². The van der Waals surface area contributed by atoms with Crippen LogP contribution in [0.5, 0.6) is 0 Å². The van der Waals surface area contributed by atoms with Crippen LogP contribution in [0.4, 0.5) is 0 Å². The topological polar surface area (TPSA) is 70.1 Å². The van der Waals surface area contributed by atoms with E-state index in [0.717, 1.165) is 26.1 Å². The number of amides is 1. The second kappa shape index (κ2) is 7.43. The van der Waals surface area contributed by atoms with E-state index in [4.69, 9.17) is 4.74 Å². The van der Waals surface area contributed by atoms with Crippen molar-refractivity contribution in [1.82, 2.24) is 9.80 Å². The number of ether oxygens (including phenoxy) is 1. The van der Waals surface area contributed by atoms with E-state index in [1.165, 1.54) is 4.90 Å². The molecule has 0 radical (unpaired) electrons. The Morgan fingerprint density at radius 3 is 2.60 bits per heavy atom. The zero-order valence-corrected chi connectivity index (χ0v) is 15.9. The summed E-state index contributed by atoms with van der Waals surface area (Å²) in [5.74, 6) is -1.31. The lowest BCUT2D eigenvalue weighted by Crippen LogP contribution is -2.58. The number of carbonyl (C=O) groups is 2. The number of aliphatic carboxylic acids is 1. The summed E-state index contributed by atoms with van der Waals surface area (Å²) in [6.07, 6.45) is 2.34. The molecule has 2 aliphatic rings. The van der Waals surface area contributed by atoms with Gasteiger partial charge in [-0.1, -0.05) is 19.1 Å². The molecule has 1 aromatic rings. The minimum absolute atomic E-state index is 0.0410. The van der Waals surface area contributed by atoms with Gasteiger partial charge in [-0.3, -0.25) is 9.69 Å². The highest BCUT2D eigenvalue weighted by atomic mass is 79.9. The molecule has 2 aliphatic heterocycles. The maximum atomic E-state index is 13.2. The Labute approximate surface area is 155 Å². The molecule has 1 N–H and O–H groups in total. The predicted octanol–water partition coefficient (Wildman–Crippen LogP) is 2.58. The molecule has 0 aliphatic carbocycles. The molecule has 25 heavy (non-hydrogen) atoms. The number of nitrogens with zero attached hydrogens (tertiary/aromatic N) is 2. The normalized spacial score (nSPS) is 23.1. The Kier molecular flexibility index (Phi) is 5.46. The van der Waals surface area contributed by atoms with Crippen LogP contribution in [0.25, 0.3) is 0 Å². The second-order valence-electron chi connectivity index (χ2n) is 6.61. The van der Waals surface area contributed by atoms with E-state index in [2.05, 4.69) is 27.8 Å². The van der Waals surface area contributed by atoms with Crippen molar-refractivity contribution in [2.24, 2.45) is 0 Å². The van der Waals surface area contributed by atoms with Gasteiger partial charge in [0, 0.05) is 30.4 Å². The van der Waals surface area contributed by atoms with Crippen LogP contribution in [0.1, 0.15) is 36.5 Å². The molecule has 1 unspecified atom stereocenters. The number of hydrogen-bond acceptors (Lipinski definition) is 4. The summed E-state index contributed by atoms with van der Waals surface area (Å²) in [5.41, 5.74) is -0.353. The lowest BCUT2D eigenvalue weighted by molar-refractivity contribution is -0.143. The van der Waals surface area contributed by atoms with Gasteiger partial charge >= 0.3 is 5.97 Å². The third-order valence-electron chi connectivity index (χ3n) is 5.05. The van der Waals surface area contributed by atoms with Gasteiger partial charge in [-0.25, -0.2) is 4.79 Å². The third kappa shape index (κ3) is 3.45. The summed E-state index contributed by atoms with van der Waals surface area (Å²) >= 11 is 3.40. The SMILES string of the molecule is CCCN1CCC2(CC1)OCC(C(=O)O)N2C(=O)c1ccccc1Br. The molecule has 0 bridgehead atoms. The van der Waals surface area contributed by atoms with Crippen LogP contribution in [0.3, 0.4) is 0 Å². The van der Waals surface area contributed by atoms with Gasteiger partial charge in [0.25, 0.3) is 5.91 Å². The van der Waals surface area contributed by atoms with E-state index in [-0.39, 0.29) is 12.5 Å². The minimum Gasteiger partial charge on any atom is -0.480 e. The molecule has 6 nitrogen and oxygen atoms in total. The largest absolute Gasteiger partial charge is 0.480 e. The van der Waals surface area contributed by atoms with E-state index in [1.807, 2.05) is 6.07 Å². The predicted molar refractivity (Wildman–Crippen MR) is 96.4 cm³/mol. The number of carboxylic acid groups (broad SMARTS) is 1. The van der Waals surface area contributed by atoms with E-state index in [1.54, 1.807) is 18.2 Å². The summed E-state index contributed by atoms with van der Waals surface area (Å²) in [6.45, 7) is 4.80. The Hall–Kier alpha value is -1.44. The zero-order chi connectivity index (χ0) is 18.0.